The number of rotatable bonds is 4. The van der Waals surface area contributed by atoms with Crippen LogP contribution in [0.4, 0.5) is 5.82 Å². The molecule has 0 unspecified atom stereocenters. The molecule has 0 saturated heterocycles. The fraction of sp³-hybridized carbons (Fsp3) is 0.111. The van der Waals surface area contributed by atoms with Crippen molar-refractivity contribution in [3.63, 3.8) is 0 Å². The summed E-state index contributed by atoms with van der Waals surface area (Å²) in [5.41, 5.74) is 5.45. The van der Waals surface area contributed by atoms with Crippen LogP contribution >= 0.6 is 0 Å². The van der Waals surface area contributed by atoms with E-state index in [2.05, 4.69) is 25.0 Å². The molecule has 2 aromatic heterocycles. The zero-order valence-corrected chi connectivity index (χ0v) is 8.25. The van der Waals surface area contributed by atoms with Crippen LogP contribution in [0.5, 0.6) is 0 Å². The monoisotopic (exact) mass is 219 g/mol. The number of pyridine rings is 1. The molecule has 0 aliphatic rings. The van der Waals surface area contributed by atoms with Crippen molar-refractivity contribution in [2.24, 2.45) is 5.73 Å². The van der Waals surface area contributed by atoms with Crippen molar-refractivity contribution in [2.45, 2.75) is 6.54 Å². The molecular formula is C9H9N5O2. The molecule has 0 radical (unpaired) electrons. The second-order valence-electron chi connectivity index (χ2n) is 3.00. The molecule has 82 valence electrons. The lowest BCUT2D eigenvalue weighted by Gasteiger charge is -2.02. The van der Waals surface area contributed by atoms with E-state index in [1.807, 2.05) is 0 Å². The normalized spacial score (nSPS) is 10.0. The molecule has 2 aromatic rings. The Morgan fingerprint density at radius 3 is 2.88 bits per heavy atom. The predicted octanol–water partition coefficient (Wildman–Crippen LogP) is 0.176. The Bertz CT molecular complexity index is 465. The molecule has 3 N–H and O–H groups in total. The Kier molecular flexibility index (Phi) is 2.77. The highest BCUT2D eigenvalue weighted by Gasteiger charge is 2.02. The quantitative estimate of drug-likeness (QED) is 0.759. The van der Waals surface area contributed by atoms with E-state index >= 15 is 0 Å². The summed E-state index contributed by atoms with van der Waals surface area (Å²) in [5, 5.41) is 6.59. The second-order valence-corrected chi connectivity index (χ2v) is 3.00. The average Bonchev–Trinajstić information content (AvgIpc) is 2.80. The smallest absolute Gasteiger partial charge is 0.250 e. The van der Waals surface area contributed by atoms with Gasteiger partial charge in [-0.25, -0.2) is 4.98 Å². The maximum absolute atomic E-state index is 10.8. The van der Waals surface area contributed by atoms with E-state index < -0.39 is 5.91 Å². The number of carbonyl (C=O) groups is 1. The van der Waals surface area contributed by atoms with Gasteiger partial charge in [0.1, 0.15) is 5.82 Å². The van der Waals surface area contributed by atoms with Gasteiger partial charge < -0.3 is 15.6 Å². The minimum Gasteiger partial charge on any atom is -0.366 e. The van der Waals surface area contributed by atoms with Crippen LogP contribution in [-0.4, -0.2) is 21.0 Å². The Balaban J connectivity index is 1.98. The number of anilines is 1. The van der Waals surface area contributed by atoms with Crippen molar-refractivity contribution in [1.29, 1.82) is 0 Å². The molecule has 0 spiro atoms. The van der Waals surface area contributed by atoms with E-state index in [0.29, 0.717) is 23.8 Å². The van der Waals surface area contributed by atoms with E-state index in [4.69, 9.17) is 5.73 Å². The van der Waals surface area contributed by atoms with Gasteiger partial charge in [-0.05, 0) is 12.1 Å². The Labute approximate surface area is 90.7 Å². The minimum absolute atomic E-state index is 0.366. The summed E-state index contributed by atoms with van der Waals surface area (Å²) in [4.78, 5) is 18.6. The summed E-state index contributed by atoms with van der Waals surface area (Å²) in [6.45, 7) is 0.402. The Morgan fingerprint density at radius 2 is 2.31 bits per heavy atom. The van der Waals surface area contributed by atoms with Crippen molar-refractivity contribution >= 4 is 11.7 Å². The molecule has 16 heavy (non-hydrogen) atoms. The van der Waals surface area contributed by atoms with Gasteiger partial charge in [0.2, 0.25) is 12.3 Å². The van der Waals surface area contributed by atoms with Gasteiger partial charge in [-0.15, -0.1) is 0 Å². The van der Waals surface area contributed by atoms with Crippen molar-refractivity contribution in [1.82, 2.24) is 15.1 Å². The zero-order chi connectivity index (χ0) is 11.4. The van der Waals surface area contributed by atoms with Gasteiger partial charge in [-0.1, -0.05) is 5.16 Å². The Hall–Kier alpha value is -2.44. The first-order valence-corrected chi connectivity index (χ1v) is 4.50. The zero-order valence-electron chi connectivity index (χ0n) is 8.25. The molecule has 0 aliphatic carbocycles. The van der Waals surface area contributed by atoms with Crippen LogP contribution in [0.3, 0.4) is 0 Å². The molecule has 0 atom stereocenters. The number of amides is 1. The maximum Gasteiger partial charge on any atom is 0.250 e. The first-order chi connectivity index (χ1) is 7.75. The summed E-state index contributed by atoms with van der Waals surface area (Å²) in [6, 6.07) is 3.24. The summed E-state index contributed by atoms with van der Waals surface area (Å²) in [7, 11) is 0. The van der Waals surface area contributed by atoms with Gasteiger partial charge >= 0.3 is 0 Å². The molecule has 0 bridgehead atoms. The van der Waals surface area contributed by atoms with Gasteiger partial charge in [0, 0.05) is 6.20 Å². The molecule has 1 amide bonds. The third-order valence-corrected chi connectivity index (χ3v) is 1.88. The summed E-state index contributed by atoms with van der Waals surface area (Å²) in [5.74, 6) is 0.632. The largest absolute Gasteiger partial charge is 0.366 e. The fourth-order valence-corrected chi connectivity index (χ4v) is 1.08. The molecule has 2 heterocycles. The lowest BCUT2D eigenvalue weighted by atomic mass is 10.3. The predicted molar refractivity (Wildman–Crippen MR) is 54.4 cm³/mol. The van der Waals surface area contributed by atoms with E-state index in [9.17, 15) is 4.79 Å². The highest BCUT2D eigenvalue weighted by atomic mass is 16.5. The molecule has 2 rings (SSSR count). The van der Waals surface area contributed by atoms with Gasteiger partial charge in [0.05, 0.1) is 12.1 Å². The summed E-state index contributed by atoms with van der Waals surface area (Å²) in [6.07, 6.45) is 2.65. The van der Waals surface area contributed by atoms with Gasteiger partial charge in [0.15, 0.2) is 5.82 Å². The number of nitrogens with one attached hydrogen (secondary N) is 1. The second kappa shape index (κ2) is 4.39. The molecule has 7 nitrogen and oxygen atoms in total. The number of nitrogens with two attached hydrogens (primary N) is 1. The summed E-state index contributed by atoms with van der Waals surface area (Å²) < 4.78 is 4.57. The number of hydrogen-bond acceptors (Lipinski definition) is 6. The average molecular weight is 219 g/mol. The Morgan fingerprint density at radius 1 is 1.44 bits per heavy atom. The van der Waals surface area contributed by atoms with Crippen LogP contribution < -0.4 is 11.1 Å². The number of nitrogens with zero attached hydrogens (tertiary/aromatic N) is 3. The van der Waals surface area contributed by atoms with Crippen molar-refractivity contribution in [2.75, 3.05) is 5.32 Å². The lowest BCUT2D eigenvalue weighted by molar-refractivity contribution is 0.1000. The molecule has 7 heteroatoms. The van der Waals surface area contributed by atoms with Gasteiger partial charge in [-0.2, -0.15) is 4.98 Å². The lowest BCUT2D eigenvalue weighted by Crippen LogP contribution is -2.11. The number of hydrogen-bond donors (Lipinski definition) is 2. The molecule has 0 saturated carbocycles. The topological polar surface area (TPSA) is 107 Å². The standard InChI is InChI=1S/C9H9N5O2/c10-9(15)6-1-2-7(11-3-6)12-4-8-13-5-16-14-8/h1-3,5H,4H2,(H2,10,15)(H,11,12). The number of primary amides is 1. The van der Waals surface area contributed by atoms with E-state index in [1.165, 1.54) is 12.6 Å². The molecule has 0 aliphatic heterocycles. The van der Waals surface area contributed by atoms with Crippen molar-refractivity contribution < 1.29 is 9.32 Å². The van der Waals surface area contributed by atoms with Crippen LogP contribution in [0.15, 0.2) is 29.2 Å². The van der Waals surface area contributed by atoms with E-state index in [1.54, 1.807) is 12.1 Å². The third kappa shape index (κ3) is 2.32. The minimum atomic E-state index is -0.503. The van der Waals surface area contributed by atoms with Crippen LogP contribution in [0.2, 0.25) is 0 Å². The van der Waals surface area contributed by atoms with Crippen LogP contribution in [-0.2, 0) is 6.54 Å². The molecule has 0 aromatic carbocycles. The fourth-order valence-electron chi connectivity index (χ4n) is 1.08. The SMILES string of the molecule is NC(=O)c1ccc(NCc2ncon2)nc1. The third-order valence-electron chi connectivity index (χ3n) is 1.88. The first kappa shape index (κ1) is 10.1. The summed E-state index contributed by atoms with van der Waals surface area (Å²) >= 11 is 0. The number of aromatic nitrogens is 3. The first-order valence-electron chi connectivity index (χ1n) is 4.50. The van der Waals surface area contributed by atoms with Crippen LogP contribution in [0, 0.1) is 0 Å². The van der Waals surface area contributed by atoms with Crippen LogP contribution in [0.1, 0.15) is 16.2 Å². The highest BCUT2D eigenvalue weighted by Crippen LogP contribution is 2.05. The van der Waals surface area contributed by atoms with Gasteiger partial charge in [0.25, 0.3) is 0 Å². The van der Waals surface area contributed by atoms with Crippen molar-refractivity contribution in [3.05, 3.63) is 36.1 Å². The maximum atomic E-state index is 10.8. The van der Waals surface area contributed by atoms with Crippen LogP contribution in [0.25, 0.3) is 0 Å². The van der Waals surface area contributed by atoms with Crippen molar-refractivity contribution in [3.8, 4) is 0 Å². The number of carbonyl (C=O) groups excluding carboxylic acids is 1. The van der Waals surface area contributed by atoms with E-state index in [-0.39, 0.29) is 0 Å². The highest BCUT2D eigenvalue weighted by molar-refractivity contribution is 5.92. The molecular weight excluding hydrogens is 210 g/mol. The molecule has 0 fully saturated rings. The van der Waals surface area contributed by atoms with Gasteiger partial charge in [-0.3, -0.25) is 4.79 Å². The van der Waals surface area contributed by atoms with E-state index in [0.717, 1.165) is 0 Å².